The maximum Gasteiger partial charge on any atom is 0.338 e. The summed E-state index contributed by atoms with van der Waals surface area (Å²) in [6, 6.07) is 19.0. The summed E-state index contributed by atoms with van der Waals surface area (Å²) < 4.78 is 48.5. The highest BCUT2D eigenvalue weighted by Crippen LogP contribution is 2.21. The molecule has 3 rings (SSSR count). The lowest BCUT2D eigenvalue weighted by molar-refractivity contribution is 0.0526. The Bertz CT molecular complexity index is 1450. The molecule has 0 aliphatic carbocycles. The third kappa shape index (κ3) is 6.09. The molecule has 0 fully saturated rings. The summed E-state index contributed by atoms with van der Waals surface area (Å²) in [7, 11) is -7.89. The van der Waals surface area contributed by atoms with E-state index in [2.05, 4.69) is 14.9 Å². The molecule has 3 aromatic carbocycles. The molecule has 3 aromatic rings. The summed E-state index contributed by atoms with van der Waals surface area (Å²) >= 11 is 0. The second-order valence-electron chi connectivity index (χ2n) is 7.23. The molecule has 0 radical (unpaired) electrons. The smallest absolute Gasteiger partial charge is 0.338 e. The van der Waals surface area contributed by atoms with Gasteiger partial charge in [0, 0.05) is 10.8 Å². The summed E-state index contributed by atoms with van der Waals surface area (Å²) in [5, 5.41) is 2.58. The highest BCUT2D eigenvalue weighted by Gasteiger charge is 2.20. The summed E-state index contributed by atoms with van der Waals surface area (Å²) in [5.41, 5.74) is 2.49. The summed E-state index contributed by atoms with van der Waals surface area (Å²) in [6.07, 6.45) is 0. The number of ether oxygens (including phenoxy) is 1. The van der Waals surface area contributed by atoms with E-state index in [1.807, 2.05) is 6.92 Å². The Balaban J connectivity index is 2.11. The first-order valence-corrected chi connectivity index (χ1v) is 13.1. The first-order valence-electron chi connectivity index (χ1n) is 10.1. The van der Waals surface area contributed by atoms with E-state index in [1.165, 1.54) is 24.3 Å². The highest BCUT2D eigenvalue weighted by atomic mass is 32.3. The van der Waals surface area contributed by atoms with Gasteiger partial charge in [-0.05, 0) is 74.9 Å². The van der Waals surface area contributed by atoms with Crippen molar-refractivity contribution in [3.05, 3.63) is 95.1 Å². The molecule has 0 aliphatic heterocycles. The number of hydrogen-bond donors (Lipinski definition) is 0. The van der Waals surface area contributed by atoms with E-state index in [9.17, 15) is 17.4 Å². The van der Waals surface area contributed by atoms with Crippen LogP contribution >= 0.6 is 0 Å². The molecular formula is C25H23NO5S2. The molecule has 0 N–H and O–H groups in total. The van der Waals surface area contributed by atoms with Gasteiger partial charge in [-0.1, -0.05) is 39.5 Å². The average molecular weight is 482 g/mol. The highest BCUT2D eigenvalue weighted by molar-refractivity contribution is 8.06. The number of aryl methyl sites for hydroxylation is 2. The van der Waals surface area contributed by atoms with E-state index in [4.69, 9.17) is 4.74 Å². The van der Waals surface area contributed by atoms with Crippen molar-refractivity contribution >= 4 is 25.7 Å². The van der Waals surface area contributed by atoms with E-state index in [1.54, 1.807) is 62.4 Å². The largest absolute Gasteiger partial charge is 0.462 e. The number of sulfonamides is 1. The van der Waals surface area contributed by atoms with Crippen molar-refractivity contribution in [3.8, 4) is 11.2 Å². The first kappa shape index (κ1) is 24.2. The van der Waals surface area contributed by atoms with Crippen molar-refractivity contribution < 1.29 is 22.2 Å². The van der Waals surface area contributed by atoms with Crippen LogP contribution in [0.1, 0.15) is 34.0 Å². The average Bonchev–Trinajstić information content (AvgIpc) is 2.78. The Morgan fingerprint density at radius 1 is 0.879 bits per heavy atom. The lowest BCUT2D eigenvalue weighted by atomic mass is 10.1. The van der Waals surface area contributed by atoms with Crippen LogP contribution in [0.2, 0.25) is 0 Å². The Hall–Kier alpha value is -3.41. The molecular weight excluding hydrogens is 458 g/mol. The number of rotatable bonds is 5. The Kier molecular flexibility index (Phi) is 7.36. The van der Waals surface area contributed by atoms with Gasteiger partial charge in [-0.3, -0.25) is 0 Å². The third-order valence-corrected chi connectivity index (χ3v) is 8.32. The fraction of sp³-hybridized carbons (Fsp3) is 0.160. The second kappa shape index (κ2) is 10.0. The molecule has 0 aliphatic rings. The zero-order chi connectivity index (χ0) is 24.1. The Labute approximate surface area is 194 Å². The van der Waals surface area contributed by atoms with Gasteiger partial charge < -0.3 is 4.74 Å². The minimum Gasteiger partial charge on any atom is -0.462 e. The lowest BCUT2D eigenvalue weighted by Gasteiger charge is -2.06. The van der Waals surface area contributed by atoms with Gasteiger partial charge in [-0.2, -0.15) is 8.42 Å². The summed E-state index contributed by atoms with van der Waals surface area (Å²) in [5.74, 6) is 2.29. The number of carbonyl (C=O) groups excluding carboxylic acids is 1. The minimum absolute atomic E-state index is 0.0610. The van der Waals surface area contributed by atoms with Crippen LogP contribution in [0.15, 0.2) is 86.4 Å². The first-order chi connectivity index (χ1) is 15.6. The van der Waals surface area contributed by atoms with E-state index >= 15 is 0 Å². The number of benzene rings is 3. The van der Waals surface area contributed by atoms with Crippen molar-refractivity contribution in [2.75, 3.05) is 6.61 Å². The normalized spacial score (nSPS) is 12.7. The van der Waals surface area contributed by atoms with Crippen LogP contribution in [0.25, 0.3) is 0 Å². The van der Waals surface area contributed by atoms with Gasteiger partial charge in [0.25, 0.3) is 10.0 Å². The predicted molar refractivity (Wildman–Crippen MR) is 128 cm³/mol. The van der Waals surface area contributed by atoms with Crippen molar-refractivity contribution in [1.29, 1.82) is 0 Å². The molecule has 0 amide bonds. The molecule has 1 atom stereocenters. The SMILES string of the molecule is CCOC(=O)c1ccc(C#CS(=O)(=NS(=O)(=O)c2ccc(C)cc2)c2cccc(C)c2)cc1. The lowest BCUT2D eigenvalue weighted by Crippen LogP contribution is -2.05. The van der Waals surface area contributed by atoms with Crippen LogP contribution in [-0.2, 0) is 24.5 Å². The van der Waals surface area contributed by atoms with Gasteiger partial charge in [0.2, 0.25) is 0 Å². The van der Waals surface area contributed by atoms with Crippen LogP contribution in [-0.4, -0.2) is 25.2 Å². The summed E-state index contributed by atoms with van der Waals surface area (Å²) in [6.45, 7) is 5.62. The topological polar surface area (TPSA) is 89.9 Å². The fourth-order valence-electron chi connectivity index (χ4n) is 2.83. The summed E-state index contributed by atoms with van der Waals surface area (Å²) in [4.78, 5) is 12.0. The fourth-order valence-corrected chi connectivity index (χ4v) is 6.24. The van der Waals surface area contributed by atoms with Crippen molar-refractivity contribution in [3.63, 3.8) is 0 Å². The number of carbonyl (C=O) groups is 1. The van der Waals surface area contributed by atoms with Gasteiger partial charge in [-0.25, -0.2) is 9.00 Å². The molecule has 33 heavy (non-hydrogen) atoms. The van der Waals surface area contributed by atoms with Crippen LogP contribution < -0.4 is 0 Å². The van der Waals surface area contributed by atoms with Crippen LogP contribution in [0, 0.1) is 25.0 Å². The number of nitrogens with zero attached hydrogens (tertiary/aromatic N) is 1. The van der Waals surface area contributed by atoms with Crippen LogP contribution in [0.5, 0.6) is 0 Å². The molecule has 8 heteroatoms. The zero-order valence-corrected chi connectivity index (χ0v) is 20.1. The van der Waals surface area contributed by atoms with Gasteiger partial charge in [0.05, 0.1) is 22.0 Å². The van der Waals surface area contributed by atoms with Crippen molar-refractivity contribution in [2.45, 2.75) is 30.6 Å². The molecule has 1 unspecified atom stereocenters. The molecule has 0 bridgehead atoms. The number of hydrogen-bond acceptors (Lipinski definition) is 5. The molecule has 0 aromatic heterocycles. The van der Waals surface area contributed by atoms with Crippen LogP contribution in [0.4, 0.5) is 0 Å². The van der Waals surface area contributed by atoms with Crippen molar-refractivity contribution in [1.82, 2.24) is 0 Å². The van der Waals surface area contributed by atoms with E-state index < -0.39 is 25.7 Å². The van der Waals surface area contributed by atoms with Gasteiger partial charge in [-0.15, -0.1) is 0 Å². The van der Waals surface area contributed by atoms with E-state index in [0.717, 1.165) is 11.1 Å². The second-order valence-corrected chi connectivity index (χ2v) is 11.0. The molecule has 6 nitrogen and oxygen atoms in total. The maximum atomic E-state index is 13.8. The molecule has 0 saturated heterocycles. The van der Waals surface area contributed by atoms with Gasteiger partial charge >= 0.3 is 5.97 Å². The van der Waals surface area contributed by atoms with Crippen LogP contribution in [0.3, 0.4) is 0 Å². The predicted octanol–water partition coefficient (Wildman–Crippen LogP) is 4.71. The molecule has 170 valence electrons. The minimum atomic E-state index is -4.24. The number of esters is 1. The Morgan fingerprint density at radius 2 is 1.55 bits per heavy atom. The van der Waals surface area contributed by atoms with Gasteiger partial charge in [0.1, 0.15) is 0 Å². The van der Waals surface area contributed by atoms with E-state index in [0.29, 0.717) is 11.1 Å². The molecule has 0 heterocycles. The quantitative estimate of drug-likeness (QED) is 0.389. The standard InChI is InChI=1S/C25H23NO5S2/c1-4-31-25(27)22-12-10-21(11-13-22)16-17-32(28,24-7-5-6-20(3)18-24)26-33(29,30)23-14-8-19(2)9-15-23/h5-15,18H,4H2,1-3H3. The van der Waals surface area contributed by atoms with E-state index in [-0.39, 0.29) is 16.4 Å². The zero-order valence-electron chi connectivity index (χ0n) is 18.4. The van der Waals surface area contributed by atoms with Gasteiger partial charge in [0.15, 0.2) is 9.73 Å². The monoisotopic (exact) mass is 481 g/mol. The molecule has 0 spiro atoms. The maximum absolute atomic E-state index is 13.8. The molecule has 0 saturated carbocycles. The Morgan fingerprint density at radius 3 is 2.15 bits per heavy atom. The van der Waals surface area contributed by atoms with Crippen molar-refractivity contribution in [2.24, 2.45) is 3.77 Å². The third-order valence-electron chi connectivity index (χ3n) is 4.56.